The molecule has 5 rings (SSSR count). The van der Waals surface area contributed by atoms with Gasteiger partial charge in [0.1, 0.15) is 10.6 Å². The number of aromatic carboxylic acids is 1. The molecule has 1 unspecified atom stereocenters. The van der Waals surface area contributed by atoms with Crippen LogP contribution in [0, 0.1) is 29.1 Å². The summed E-state index contributed by atoms with van der Waals surface area (Å²) in [6, 6.07) is 11.1. The van der Waals surface area contributed by atoms with E-state index in [1.165, 1.54) is 36.4 Å². The monoisotopic (exact) mass is 644 g/mol. The van der Waals surface area contributed by atoms with Gasteiger partial charge in [0.15, 0.2) is 0 Å². The van der Waals surface area contributed by atoms with E-state index in [1.807, 2.05) is 0 Å². The molecule has 1 atom stereocenters. The number of alkyl halides is 3. The quantitative estimate of drug-likeness (QED) is 0.102. The Kier molecular flexibility index (Phi) is 7.78. The SMILES string of the molecule is O=C(O)c1ccc(-c2cc(C(F)(F)F)ccc2C2CCOc3cc(S(=O)(=O)Oc4c(F)c(F)c(F)c(F)c4F)ccc32)cc1. The van der Waals surface area contributed by atoms with Gasteiger partial charge in [-0.25, -0.2) is 18.0 Å². The molecule has 0 aliphatic carbocycles. The number of carboxylic acid groups (broad SMARTS) is 1. The number of halogens is 8. The fraction of sp³-hybridized carbons (Fsp3) is 0.138. The van der Waals surface area contributed by atoms with Crippen molar-refractivity contribution in [1.29, 1.82) is 0 Å². The molecule has 1 aliphatic rings. The molecule has 1 heterocycles. The molecule has 44 heavy (non-hydrogen) atoms. The number of benzene rings is 4. The van der Waals surface area contributed by atoms with Crippen molar-refractivity contribution < 1.29 is 62.4 Å². The van der Waals surface area contributed by atoms with Crippen LogP contribution in [0.2, 0.25) is 0 Å². The number of hydrogen-bond acceptors (Lipinski definition) is 5. The third-order valence-corrected chi connectivity index (χ3v) is 8.09. The highest BCUT2D eigenvalue weighted by atomic mass is 32.2. The largest absolute Gasteiger partial charge is 0.493 e. The van der Waals surface area contributed by atoms with Crippen LogP contribution >= 0.6 is 0 Å². The molecule has 0 fully saturated rings. The highest BCUT2D eigenvalue weighted by Crippen LogP contribution is 2.44. The average Bonchev–Trinajstić information content (AvgIpc) is 3.00. The second-order valence-corrected chi connectivity index (χ2v) is 11.1. The molecule has 4 aromatic rings. The van der Waals surface area contributed by atoms with E-state index in [2.05, 4.69) is 4.18 Å². The Labute approximate surface area is 243 Å². The molecule has 0 aromatic heterocycles. The Bertz CT molecular complexity index is 1880. The van der Waals surface area contributed by atoms with E-state index in [-0.39, 0.29) is 35.5 Å². The van der Waals surface area contributed by atoms with E-state index >= 15 is 0 Å². The lowest BCUT2D eigenvalue weighted by Gasteiger charge is -2.29. The Morgan fingerprint density at radius 1 is 0.818 bits per heavy atom. The first-order valence-electron chi connectivity index (χ1n) is 12.4. The normalized spacial score (nSPS) is 15.0. The van der Waals surface area contributed by atoms with Crippen LogP contribution in [-0.2, 0) is 16.3 Å². The third kappa shape index (κ3) is 5.54. The van der Waals surface area contributed by atoms with Crippen LogP contribution in [0.15, 0.2) is 65.6 Å². The molecule has 1 aliphatic heterocycles. The third-order valence-electron chi connectivity index (χ3n) is 6.87. The number of fused-ring (bicyclic) bond motifs is 1. The summed E-state index contributed by atoms with van der Waals surface area (Å²) in [4.78, 5) is 10.5. The summed E-state index contributed by atoms with van der Waals surface area (Å²) in [7, 11) is -5.19. The molecule has 0 saturated carbocycles. The maximum atomic E-state index is 14.1. The highest BCUT2D eigenvalue weighted by molar-refractivity contribution is 7.87. The van der Waals surface area contributed by atoms with E-state index in [9.17, 15) is 53.4 Å². The van der Waals surface area contributed by atoms with Crippen molar-refractivity contribution in [1.82, 2.24) is 0 Å². The van der Waals surface area contributed by atoms with Gasteiger partial charge in [-0.15, -0.1) is 0 Å². The van der Waals surface area contributed by atoms with Gasteiger partial charge in [0, 0.05) is 17.5 Å². The fourth-order valence-corrected chi connectivity index (χ4v) is 5.69. The maximum Gasteiger partial charge on any atom is 0.416 e. The van der Waals surface area contributed by atoms with Crippen LogP contribution < -0.4 is 8.92 Å². The summed E-state index contributed by atoms with van der Waals surface area (Å²) in [5.41, 5.74) is -0.0351. The zero-order valence-electron chi connectivity index (χ0n) is 21.7. The first-order valence-corrected chi connectivity index (χ1v) is 13.8. The number of hydrogen-bond donors (Lipinski definition) is 1. The van der Waals surface area contributed by atoms with Crippen molar-refractivity contribution in [2.24, 2.45) is 0 Å². The minimum Gasteiger partial charge on any atom is -0.493 e. The van der Waals surface area contributed by atoms with E-state index in [0.29, 0.717) is 11.1 Å². The van der Waals surface area contributed by atoms with Gasteiger partial charge in [0.05, 0.1) is 17.7 Å². The number of carbonyl (C=O) groups is 1. The summed E-state index contributed by atoms with van der Waals surface area (Å²) in [5, 5.41) is 9.19. The molecular weight excluding hydrogens is 628 g/mol. The topological polar surface area (TPSA) is 89.9 Å². The van der Waals surface area contributed by atoms with Gasteiger partial charge in [0.2, 0.25) is 34.8 Å². The lowest BCUT2D eigenvalue weighted by Crippen LogP contribution is -2.18. The predicted molar refractivity (Wildman–Crippen MR) is 136 cm³/mol. The number of ether oxygens (including phenoxy) is 1. The van der Waals surface area contributed by atoms with Crippen LogP contribution in [0.25, 0.3) is 11.1 Å². The van der Waals surface area contributed by atoms with E-state index < -0.39 is 73.5 Å². The first-order chi connectivity index (χ1) is 20.6. The lowest BCUT2D eigenvalue weighted by molar-refractivity contribution is -0.137. The Hall–Kier alpha value is -4.66. The maximum absolute atomic E-state index is 14.1. The summed E-state index contributed by atoms with van der Waals surface area (Å²) in [6.07, 6.45) is -4.49. The molecule has 0 amide bonds. The van der Waals surface area contributed by atoms with Crippen LogP contribution in [0.1, 0.15) is 39.4 Å². The lowest BCUT2D eigenvalue weighted by atomic mass is 9.82. The minimum absolute atomic E-state index is 0.0575. The van der Waals surface area contributed by atoms with Crippen molar-refractivity contribution >= 4 is 16.1 Å². The Morgan fingerprint density at radius 2 is 1.41 bits per heavy atom. The van der Waals surface area contributed by atoms with Gasteiger partial charge in [-0.05, 0) is 53.4 Å². The van der Waals surface area contributed by atoms with Gasteiger partial charge in [-0.2, -0.15) is 30.4 Å². The molecule has 6 nitrogen and oxygen atoms in total. The molecule has 0 spiro atoms. The zero-order chi connectivity index (χ0) is 32.1. The first kappa shape index (κ1) is 30.8. The van der Waals surface area contributed by atoms with Crippen molar-refractivity contribution in [3.05, 3.63) is 112 Å². The van der Waals surface area contributed by atoms with Crippen LogP contribution in [0.4, 0.5) is 35.1 Å². The van der Waals surface area contributed by atoms with Gasteiger partial charge >= 0.3 is 22.3 Å². The summed E-state index contributed by atoms with van der Waals surface area (Å²) in [5.74, 6) is -16.4. The molecule has 4 aromatic carbocycles. The summed E-state index contributed by atoms with van der Waals surface area (Å²) >= 11 is 0. The molecule has 0 radical (unpaired) electrons. The van der Waals surface area contributed by atoms with Crippen LogP contribution in [-0.4, -0.2) is 26.1 Å². The Morgan fingerprint density at radius 3 is 2.00 bits per heavy atom. The van der Waals surface area contributed by atoms with Gasteiger partial charge in [-0.3, -0.25) is 0 Å². The zero-order valence-corrected chi connectivity index (χ0v) is 22.5. The van der Waals surface area contributed by atoms with Gasteiger partial charge in [-0.1, -0.05) is 24.3 Å². The average molecular weight is 644 g/mol. The minimum atomic E-state index is -5.19. The fourth-order valence-electron chi connectivity index (χ4n) is 4.74. The smallest absolute Gasteiger partial charge is 0.416 e. The molecule has 15 heteroatoms. The van der Waals surface area contributed by atoms with Gasteiger partial charge in [0.25, 0.3) is 0 Å². The van der Waals surface area contributed by atoms with Crippen molar-refractivity contribution in [2.75, 3.05) is 6.61 Å². The number of rotatable bonds is 6. The van der Waals surface area contributed by atoms with Crippen molar-refractivity contribution in [3.8, 4) is 22.6 Å². The molecular formula is C29H16F8O6S. The molecule has 230 valence electrons. The second kappa shape index (κ2) is 11.1. The number of carboxylic acids is 1. The highest BCUT2D eigenvalue weighted by Gasteiger charge is 2.35. The van der Waals surface area contributed by atoms with Crippen molar-refractivity contribution in [2.45, 2.75) is 23.4 Å². The predicted octanol–water partition coefficient (Wildman–Crippen LogP) is 7.45. The standard InChI is InChI=1S/C29H16F8O6S/c30-22-23(31)25(33)27(26(34)24(22)32)43-44(40,41)16-6-8-19-18(9-10-42-21(19)12-16)17-7-5-15(29(35,36)37)11-20(17)13-1-3-14(4-2-13)28(38)39/h1-8,11-12,18H,9-10H2,(H,38,39). The molecule has 1 N–H and O–H groups in total. The van der Waals surface area contributed by atoms with Crippen molar-refractivity contribution in [3.63, 3.8) is 0 Å². The molecule has 0 bridgehead atoms. The van der Waals surface area contributed by atoms with E-state index in [0.717, 1.165) is 24.3 Å². The van der Waals surface area contributed by atoms with Gasteiger partial charge < -0.3 is 14.0 Å². The van der Waals surface area contributed by atoms with E-state index in [4.69, 9.17) is 4.74 Å². The second-order valence-electron chi connectivity index (χ2n) is 9.51. The summed E-state index contributed by atoms with van der Waals surface area (Å²) in [6.45, 7) is -0.0575. The molecule has 0 saturated heterocycles. The Balaban J connectivity index is 1.56. The summed E-state index contributed by atoms with van der Waals surface area (Å²) < 4.78 is 145. The van der Waals surface area contributed by atoms with E-state index in [1.54, 1.807) is 0 Å². The van der Waals surface area contributed by atoms with Crippen LogP contribution in [0.3, 0.4) is 0 Å². The van der Waals surface area contributed by atoms with Crippen LogP contribution in [0.5, 0.6) is 11.5 Å².